The molecule has 0 aliphatic heterocycles. The minimum atomic E-state index is 0.0418. The molecule has 1 unspecified atom stereocenters. The molecule has 0 amide bonds. The van der Waals surface area contributed by atoms with Crippen molar-refractivity contribution in [3.05, 3.63) is 36.4 Å². The molecule has 3 rings (SSSR count). The Bertz CT molecular complexity index is 658. The van der Waals surface area contributed by atoms with Crippen molar-refractivity contribution in [2.24, 2.45) is 0 Å². The normalized spacial score (nSPS) is 12.8. The van der Waals surface area contributed by atoms with E-state index in [2.05, 4.69) is 20.1 Å². The standard InChI is InChI=1S/C12H13N5O/c1-8(17-7-3-6-13-17)11-14-9-4-5-10(18-2)15-12(9)16-11/h3-8H,1-2H3,(H,14,15,16). The van der Waals surface area contributed by atoms with Crippen molar-refractivity contribution in [3.63, 3.8) is 0 Å². The zero-order valence-electron chi connectivity index (χ0n) is 10.2. The summed E-state index contributed by atoms with van der Waals surface area (Å²) in [4.78, 5) is 12.0. The first-order valence-corrected chi connectivity index (χ1v) is 5.67. The van der Waals surface area contributed by atoms with E-state index in [1.807, 2.05) is 36.0 Å². The summed E-state index contributed by atoms with van der Waals surface area (Å²) in [5.41, 5.74) is 1.55. The highest BCUT2D eigenvalue weighted by Crippen LogP contribution is 2.19. The summed E-state index contributed by atoms with van der Waals surface area (Å²) in [5.74, 6) is 1.39. The zero-order valence-corrected chi connectivity index (χ0v) is 10.2. The SMILES string of the molecule is COc1ccc2[nH]c(C(C)n3cccn3)nc2n1. The summed E-state index contributed by atoms with van der Waals surface area (Å²) in [6, 6.07) is 5.65. The number of aromatic amines is 1. The molecule has 92 valence electrons. The third-order valence-electron chi connectivity index (χ3n) is 2.87. The molecular weight excluding hydrogens is 230 g/mol. The van der Waals surface area contributed by atoms with Crippen LogP contribution in [-0.2, 0) is 0 Å². The first kappa shape index (κ1) is 10.8. The van der Waals surface area contributed by atoms with Gasteiger partial charge in [0.05, 0.1) is 12.6 Å². The number of nitrogens with zero attached hydrogens (tertiary/aromatic N) is 4. The molecule has 1 atom stereocenters. The van der Waals surface area contributed by atoms with Crippen LogP contribution in [0.3, 0.4) is 0 Å². The lowest BCUT2D eigenvalue weighted by molar-refractivity contribution is 0.399. The van der Waals surface area contributed by atoms with Crippen LogP contribution < -0.4 is 4.74 Å². The zero-order chi connectivity index (χ0) is 12.5. The van der Waals surface area contributed by atoms with E-state index in [4.69, 9.17) is 4.74 Å². The van der Waals surface area contributed by atoms with Crippen LogP contribution in [0.25, 0.3) is 11.2 Å². The fourth-order valence-corrected chi connectivity index (χ4v) is 1.84. The number of fused-ring (bicyclic) bond motifs is 1. The first-order valence-electron chi connectivity index (χ1n) is 5.67. The van der Waals surface area contributed by atoms with Crippen molar-refractivity contribution in [1.82, 2.24) is 24.7 Å². The molecule has 0 spiro atoms. The molecule has 6 nitrogen and oxygen atoms in total. The summed E-state index contributed by atoms with van der Waals surface area (Å²) in [6.07, 6.45) is 3.66. The van der Waals surface area contributed by atoms with E-state index in [0.717, 1.165) is 11.3 Å². The maximum atomic E-state index is 5.08. The van der Waals surface area contributed by atoms with Crippen molar-refractivity contribution < 1.29 is 4.74 Å². The molecule has 0 saturated carbocycles. The molecule has 0 aromatic carbocycles. The second-order valence-corrected chi connectivity index (χ2v) is 4.01. The average Bonchev–Trinajstić information content (AvgIpc) is 3.05. The number of imidazole rings is 1. The lowest BCUT2D eigenvalue weighted by atomic mass is 10.3. The Kier molecular flexibility index (Phi) is 2.47. The summed E-state index contributed by atoms with van der Waals surface area (Å²) in [6.45, 7) is 2.03. The third-order valence-corrected chi connectivity index (χ3v) is 2.87. The molecule has 6 heteroatoms. The van der Waals surface area contributed by atoms with E-state index in [0.29, 0.717) is 11.5 Å². The molecule has 3 aromatic heterocycles. The number of methoxy groups -OCH3 is 1. The lowest BCUT2D eigenvalue weighted by Crippen LogP contribution is -2.08. The number of aromatic nitrogens is 5. The first-order chi connectivity index (χ1) is 8.78. The van der Waals surface area contributed by atoms with Crippen LogP contribution in [0, 0.1) is 0 Å². The maximum absolute atomic E-state index is 5.08. The molecule has 3 aromatic rings. The van der Waals surface area contributed by atoms with E-state index in [1.165, 1.54) is 0 Å². The van der Waals surface area contributed by atoms with Gasteiger partial charge in [-0.25, -0.2) is 4.98 Å². The van der Waals surface area contributed by atoms with E-state index in [9.17, 15) is 0 Å². The number of pyridine rings is 1. The van der Waals surface area contributed by atoms with Gasteiger partial charge < -0.3 is 9.72 Å². The van der Waals surface area contributed by atoms with Gasteiger partial charge in [-0.05, 0) is 19.1 Å². The molecule has 1 N–H and O–H groups in total. The largest absolute Gasteiger partial charge is 0.481 e. The van der Waals surface area contributed by atoms with Gasteiger partial charge in [0.25, 0.3) is 0 Å². The van der Waals surface area contributed by atoms with Crippen LogP contribution in [-0.4, -0.2) is 31.8 Å². The predicted molar refractivity (Wildman–Crippen MR) is 66.5 cm³/mol. The summed E-state index contributed by atoms with van der Waals surface area (Å²) < 4.78 is 6.92. The van der Waals surface area contributed by atoms with Crippen LogP contribution in [0.15, 0.2) is 30.6 Å². The van der Waals surface area contributed by atoms with Gasteiger partial charge in [0.2, 0.25) is 5.88 Å². The van der Waals surface area contributed by atoms with Crippen molar-refractivity contribution in [1.29, 1.82) is 0 Å². The van der Waals surface area contributed by atoms with Crippen LogP contribution in [0.1, 0.15) is 18.8 Å². The Morgan fingerprint density at radius 3 is 2.94 bits per heavy atom. The number of hydrogen-bond acceptors (Lipinski definition) is 4. The third kappa shape index (κ3) is 1.71. The molecule has 18 heavy (non-hydrogen) atoms. The summed E-state index contributed by atoms with van der Waals surface area (Å²) in [5, 5.41) is 4.21. The van der Waals surface area contributed by atoms with E-state index in [1.54, 1.807) is 13.3 Å². The van der Waals surface area contributed by atoms with Gasteiger partial charge in [0.1, 0.15) is 11.9 Å². The molecule has 0 aliphatic rings. The van der Waals surface area contributed by atoms with Gasteiger partial charge >= 0.3 is 0 Å². The maximum Gasteiger partial charge on any atom is 0.215 e. The van der Waals surface area contributed by atoms with E-state index >= 15 is 0 Å². The van der Waals surface area contributed by atoms with Gasteiger partial charge in [0, 0.05) is 18.5 Å². The quantitative estimate of drug-likeness (QED) is 0.761. The van der Waals surface area contributed by atoms with Gasteiger partial charge in [0.15, 0.2) is 5.65 Å². The number of ether oxygens (including phenoxy) is 1. The van der Waals surface area contributed by atoms with Crippen molar-refractivity contribution in [2.75, 3.05) is 7.11 Å². The van der Waals surface area contributed by atoms with Crippen LogP contribution in [0.2, 0.25) is 0 Å². The molecule has 3 heterocycles. The smallest absolute Gasteiger partial charge is 0.215 e. The molecular formula is C12H13N5O. The fraction of sp³-hybridized carbons (Fsp3) is 0.250. The van der Waals surface area contributed by atoms with Gasteiger partial charge in [-0.2, -0.15) is 10.1 Å². The van der Waals surface area contributed by atoms with Gasteiger partial charge in [-0.1, -0.05) is 0 Å². The Morgan fingerprint density at radius 1 is 1.33 bits per heavy atom. The highest BCUT2D eigenvalue weighted by Gasteiger charge is 2.13. The summed E-state index contributed by atoms with van der Waals surface area (Å²) in [7, 11) is 1.59. The number of rotatable bonds is 3. The van der Waals surface area contributed by atoms with Crippen molar-refractivity contribution in [2.45, 2.75) is 13.0 Å². The predicted octanol–water partition coefficient (Wildman–Crippen LogP) is 1.77. The highest BCUT2D eigenvalue weighted by molar-refractivity contribution is 5.71. The van der Waals surface area contributed by atoms with Gasteiger partial charge in [-0.15, -0.1) is 0 Å². The minimum absolute atomic E-state index is 0.0418. The minimum Gasteiger partial charge on any atom is -0.481 e. The van der Waals surface area contributed by atoms with Crippen molar-refractivity contribution >= 4 is 11.2 Å². The molecule has 0 bridgehead atoms. The molecule has 0 radical (unpaired) electrons. The molecule has 0 fully saturated rings. The lowest BCUT2D eigenvalue weighted by Gasteiger charge is -2.07. The van der Waals surface area contributed by atoms with E-state index < -0.39 is 0 Å². The number of nitrogens with one attached hydrogen (secondary N) is 1. The van der Waals surface area contributed by atoms with Gasteiger partial charge in [-0.3, -0.25) is 4.68 Å². The Labute approximate surface area is 104 Å². The Hall–Kier alpha value is -2.37. The van der Waals surface area contributed by atoms with Crippen LogP contribution in [0.4, 0.5) is 0 Å². The number of hydrogen-bond donors (Lipinski definition) is 1. The Balaban J connectivity index is 2.03. The topological polar surface area (TPSA) is 68.6 Å². The monoisotopic (exact) mass is 243 g/mol. The second kappa shape index (κ2) is 4.14. The fourth-order valence-electron chi connectivity index (χ4n) is 1.84. The highest BCUT2D eigenvalue weighted by atomic mass is 16.5. The average molecular weight is 243 g/mol. The number of H-pyrrole nitrogens is 1. The molecule has 0 saturated heterocycles. The van der Waals surface area contributed by atoms with Crippen LogP contribution >= 0.6 is 0 Å². The second-order valence-electron chi connectivity index (χ2n) is 4.01. The van der Waals surface area contributed by atoms with E-state index in [-0.39, 0.29) is 6.04 Å². The Morgan fingerprint density at radius 2 is 2.22 bits per heavy atom. The van der Waals surface area contributed by atoms with Crippen LogP contribution in [0.5, 0.6) is 5.88 Å². The molecule has 0 aliphatic carbocycles. The van der Waals surface area contributed by atoms with Crippen molar-refractivity contribution in [3.8, 4) is 5.88 Å². The summed E-state index contributed by atoms with van der Waals surface area (Å²) >= 11 is 0.